The van der Waals surface area contributed by atoms with Gasteiger partial charge in [0.25, 0.3) is 0 Å². The molecule has 78 valence electrons. The van der Waals surface area contributed by atoms with Crippen LogP contribution in [-0.4, -0.2) is 22.9 Å². The van der Waals surface area contributed by atoms with Crippen molar-refractivity contribution in [1.82, 2.24) is 9.97 Å². The lowest BCUT2D eigenvalue weighted by Crippen LogP contribution is -1.98. The van der Waals surface area contributed by atoms with Gasteiger partial charge in [-0.3, -0.25) is 4.79 Å². The molecule has 4 heteroatoms. The van der Waals surface area contributed by atoms with Gasteiger partial charge in [-0.15, -0.1) is 0 Å². The highest BCUT2D eigenvalue weighted by Gasteiger charge is 2.09. The van der Waals surface area contributed by atoms with Gasteiger partial charge in [0.15, 0.2) is 11.6 Å². The van der Waals surface area contributed by atoms with Crippen molar-refractivity contribution in [2.24, 2.45) is 0 Å². The van der Waals surface area contributed by atoms with Crippen LogP contribution in [-0.2, 0) is 0 Å². The molecule has 1 aromatic heterocycles. The molecule has 2 aromatic rings. The van der Waals surface area contributed by atoms with E-state index in [-0.39, 0.29) is 5.78 Å². The largest absolute Gasteiger partial charge is 0.497 e. The van der Waals surface area contributed by atoms with Gasteiger partial charge in [-0.2, -0.15) is 0 Å². The number of carbonyl (C=O) groups excluding carboxylic acids is 1. The molecule has 1 heterocycles. The Balaban J connectivity index is 2.51. The van der Waals surface area contributed by atoms with Gasteiger partial charge in [0.1, 0.15) is 5.75 Å². The van der Waals surface area contributed by atoms with Crippen LogP contribution in [0.1, 0.15) is 24.0 Å². The first-order valence-electron chi connectivity index (χ1n) is 4.81. The van der Waals surface area contributed by atoms with Crippen molar-refractivity contribution in [1.29, 1.82) is 0 Å². The van der Waals surface area contributed by atoms with E-state index in [1.807, 2.05) is 19.1 Å². The van der Waals surface area contributed by atoms with Crippen LogP contribution in [0.15, 0.2) is 18.2 Å². The quantitative estimate of drug-likeness (QED) is 0.779. The minimum Gasteiger partial charge on any atom is -0.497 e. The maximum Gasteiger partial charge on any atom is 0.197 e. The number of imidazole rings is 1. The fraction of sp³-hybridized carbons (Fsp3) is 0.273. The third-order valence-corrected chi connectivity index (χ3v) is 2.28. The number of H-pyrrole nitrogens is 1. The summed E-state index contributed by atoms with van der Waals surface area (Å²) in [5, 5.41) is 0. The van der Waals surface area contributed by atoms with Crippen LogP contribution < -0.4 is 4.74 Å². The third kappa shape index (κ3) is 1.70. The third-order valence-electron chi connectivity index (χ3n) is 2.28. The molecular formula is C11H12N2O2. The topological polar surface area (TPSA) is 55.0 Å². The van der Waals surface area contributed by atoms with Gasteiger partial charge >= 0.3 is 0 Å². The summed E-state index contributed by atoms with van der Waals surface area (Å²) < 4.78 is 5.08. The number of carbonyl (C=O) groups is 1. The van der Waals surface area contributed by atoms with Gasteiger partial charge in [0.05, 0.1) is 18.1 Å². The van der Waals surface area contributed by atoms with E-state index < -0.39 is 0 Å². The molecule has 0 unspecified atom stereocenters. The van der Waals surface area contributed by atoms with Crippen molar-refractivity contribution in [3.8, 4) is 5.75 Å². The van der Waals surface area contributed by atoms with E-state index in [4.69, 9.17) is 4.74 Å². The Morgan fingerprint density at radius 1 is 1.53 bits per heavy atom. The van der Waals surface area contributed by atoms with Crippen molar-refractivity contribution in [3.05, 3.63) is 24.0 Å². The average Bonchev–Trinajstić information content (AvgIpc) is 2.70. The fourth-order valence-corrected chi connectivity index (χ4v) is 1.41. The Hall–Kier alpha value is -1.84. The number of benzene rings is 1. The highest BCUT2D eigenvalue weighted by molar-refractivity contribution is 5.95. The van der Waals surface area contributed by atoms with Crippen LogP contribution in [0, 0.1) is 0 Å². The maximum absolute atomic E-state index is 11.4. The number of methoxy groups -OCH3 is 1. The number of aromatic nitrogens is 2. The lowest BCUT2D eigenvalue weighted by Gasteiger charge is -1.96. The normalized spacial score (nSPS) is 10.5. The van der Waals surface area contributed by atoms with E-state index in [1.54, 1.807) is 13.2 Å². The molecule has 2 rings (SSSR count). The second-order valence-corrected chi connectivity index (χ2v) is 3.25. The minimum atomic E-state index is 0.0187. The van der Waals surface area contributed by atoms with Crippen molar-refractivity contribution in [2.45, 2.75) is 13.3 Å². The summed E-state index contributed by atoms with van der Waals surface area (Å²) in [5.41, 5.74) is 1.61. The molecule has 0 radical (unpaired) electrons. The van der Waals surface area contributed by atoms with Crippen LogP contribution in [0.4, 0.5) is 0 Å². The molecule has 0 fully saturated rings. The second kappa shape index (κ2) is 3.73. The zero-order valence-electron chi connectivity index (χ0n) is 8.70. The molecule has 0 aliphatic heterocycles. The summed E-state index contributed by atoms with van der Waals surface area (Å²) in [6.07, 6.45) is 0.455. The molecule has 0 aliphatic rings. The molecule has 0 aliphatic carbocycles. The highest BCUT2D eigenvalue weighted by Crippen LogP contribution is 2.18. The summed E-state index contributed by atoms with van der Waals surface area (Å²) in [6.45, 7) is 1.82. The number of ether oxygens (including phenoxy) is 1. The first kappa shape index (κ1) is 9.71. The molecule has 0 bridgehead atoms. The van der Waals surface area contributed by atoms with E-state index in [9.17, 15) is 4.79 Å². The molecule has 1 aromatic carbocycles. The summed E-state index contributed by atoms with van der Waals surface area (Å²) in [5.74, 6) is 1.18. The Labute approximate surface area is 87.3 Å². The summed E-state index contributed by atoms with van der Waals surface area (Å²) in [7, 11) is 1.60. The van der Waals surface area contributed by atoms with E-state index in [1.165, 1.54) is 0 Å². The molecular weight excluding hydrogens is 192 g/mol. The van der Waals surface area contributed by atoms with E-state index in [0.717, 1.165) is 16.8 Å². The molecule has 15 heavy (non-hydrogen) atoms. The predicted molar refractivity (Wildman–Crippen MR) is 57.3 cm³/mol. The lowest BCUT2D eigenvalue weighted by atomic mass is 10.3. The fourth-order valence-electron chi connectivity index (χ4n) is 1.41. The first-order valence-corrected chi connectivity index (χ1v) is 4.81. The standard InChI is InChI=1S/C11H12N2O2/c1-3-10(14)11-12-8-5-4-7(15-2)6-9(8)13-11/h4-6H,3H2,1-2H3,(H,12,13). The highest BCUT2D eigenvalue weighted by atomic mass is 16.5. The van der Waals surface area contributed by atoms with Gasteiger partial charge in [-0.05, 0) is 12.1 Å². The van der Waals surface area contributed by atoms with Gasteiger partial charge in [0.2, 0.25) is 0 Å². The number of nitrogens with one attached hydrogen (secondary N) is 1. The summed E-state index contributed by atoms with van der Waals surface area (Å²) in [4.78, 5) is 18.6. The summed E-state index contributed by atoms with van der Waals surface area (Å²) >= 11 is 0. The number of fused-ring (bicyclic) bond motifs is 1. The van der Waals surface area contributed by atoms with Crippen LogP contribution in [0.5, 0.6) is 5.75 Å². The van der Waals surface area contributed by atoms with E-state index in [0.29, 0.717) is 12.2 Å². The molecule has 0 amide bonds. The number of rotatable bonds is 3. The molecule has 0 saturated heterocycles. The van der Waals surface area contributed by atoms with Crippen molar-refractivity contribution in [2.75, 3.05) is 7.11 Å². The van der Waals surface area contributed by atoms with Crippen LogP contribution >= 0.6 is 0 Å². The zero-order chi connectivity index (χ0) is 10.8. The molecule has 0 saturated carbocycles. The SMILES string of the molecule is CCC(=O)c1nc2cc(OC)ccc2[nH]1. The first-order chi connectivity index (χ1) is 7.24. The van der Waals surface area contributed by atoms with E-state index in [2.05, 4.69) is 9.97 Å². The predicted octanol–water partition coefficient (Wildman–Crippen LogP) is 2.16. The number of hydrogen-bond acceptors (Lipinski definition) is 3. The Morgan fingerprint density at radius 2 is 2.33 bits per heavy atom. The molecule has 1 N–H and O–H groups in total. The zero-order valence-corrected chi connectivity index (χ0v) is 8.70. The number of aromatic amines is 1. The molecule has 0 atom stereocenters. The number of nitrogens with zero attached hydrogens (tertiary/aromatic N) is 1. The Kier molecular flexibility index (Phi) is 2.41. The monoisotopic (exact) mass is 204 g/mol. The maximum atomic E-state index is 11.4. The van der Waals surface area contributed by atoms with Gasteiger partial charge in [-0.1, -0.05) is 6.92 Å². The smallest absolute Gasteiger partial charge is 0.197 e. The number of hydrogen-bond donors (Lipinski definition) is 1. The summed E-state index contributed by atoms with van der Waals surface area (Å²) in [6, 6.07) is 5.49. The Morgan fingerprint density at radius 3 is 3.00 bits per heavy atom. The minimum absolute atomic E-state index is 0.0187. The van der Waals surface area contributed by atoms with Crippen molar-refractivity contribution < 1.29 is 9.53 Å². The number of ketones is 1. The van der Waals surface area contributed by atoms with Crippen molar-refractivity contribution >= 4 is 16.8 Å². The Bertz CT molecular complexity index is 502. The molecule has 0 spiro atoms. The van der Waals surface area contributed by atoms with Crippen LogP contribution in [0.25, 0.3) is 11.0 Å². The van der Waals surface area contributed by atoms with Gasteiger partial charge in [-0.25, -0.2) is 4.98 Å². The average molecular weight is 204 g/mol. The van der Waals surface area contributed by atoms with E-state index >= 15 is 0 Å². The number of Topliss-reactive ketones (excluding diaryl/α,β-unsaturated/α-hetero) is 1. The van der Waals surface area contributed by atoms with Crippen molar-refractivity contribution in [3.63, 3.8) is 0 Å². The van der Waals surface area contributed by atoms with Gasteiger partial charge < -0.3 is 9.72 Å². The molecule has 4 nitrogen and oxygen atoms in total. The van der Waals surface area contributed by atoms with Crippen LogP contribution in [0.3, 0.4) is 0 Å². The lowest BCUT2D eigenvalue weighted by molar-refractivity contribution is 0.0979. The van der Waals surface area contributed by atoms with Crippen LogP contribution in [0.2, 0.25) is 0 Å². The van der Waals surface area contributed by atoms with Gasteiger partial charge in [0, 0.05) is 12.5 Å². The second-order valence-electron chi connectivity index (χ2n) is 3.25.